The van der Waals surface area contributed by atoms with E-state index in [1.54, 1.807) is 0 Å². The summed E-state index contributed by atoms with van der Waals surface area (Å²) in [5, 5.41) is 0. The zero-order valence-corrected chi connectivity index (χ0v) is 14.5. The zero-order valence-electron chi connectivity index (χ0n) is 10.8. The number of aromatic nitrogens is 2. The monoisotopic (exact) mass is 442 g/mol. The highest BCUT2D eigenvalue weighted by atomic mass is 127. The van der Waals surface area contributed by atoms with Gasteiger partial charge >= 0.3 is 0 Å². The smallest absolute Gasteiger partial charge is 0.143 e. The van der Waals surface area contributed by atoms with Crippen LogP contribution in [0.1, 0.15) is 6.92 Å². The lowest BCUT2D eigenvalue weighted by atomic mass is 10.2. The highest BCUT2D eigenvalue weighted by molar-refractivity contribution is 14.1. The summed E-state index contributed by atoms with van der Waals surface area (Å²) >= 11 is 5.82. The molecule has 5 heteroatoms. The van der Waals surface area contributed by atoms with E-state index in [4.69, 9.17) is 4.74 Å². The molecule has 0 aliphatic rings. The Balaban J connectivity index is 2.21. The van der Waals surface area contributed by atoms with Gasteiger partial charge in [0.15, 0.2) is 0 Å². The molecule has 0 spiro atoms. The van der Waals surface area contributed by atoms with E-state index in [9.17, 15) is 0 Å². The van der Waals surface area contributed by atoms with Gasteiger partial charge in [-0.25, -0.2) is 4.98 Å². The fourth-order valence-corrected chi connectivity index (χ4v) is 3.78. The summed E-state index contributed by atoms with van der Waals surface area (Å²) in [6, 6.07) is 12.1. The van der Waals surface area contributed by atoms with Crippen molar-refractivity contribution in [3.8, 4) is 17.1 Å². The summed E-state index contributed by atoms with van der Waals surface area (Å²) in [6.45, 7) is 2.62. The van der Waals surface area contributed by atoms with Crippen molar-refractivity contribution in [2.75, 3.05) is 6.61 Å². The van der Waals surface area contributed by atoms with E-state index in [2.05, 4.69) is 48.5 Å². The van der Waals surface area contributed by atoms with Gasteiger partial charge in [0.25, 0.3) is 0 Å². The molecule has 0 saturated heterocycles. The molecule has 102 valence electrons. The van der Waals surface area contributed by atoms with Gasteiger partial charge in [-0.05, 0) is 53.8 Å². The number of hydrogen-bond acceptors (Lipinski definition) is 2. The minimum atomic E-state index is 0.630. The molecule has 0 aliphatic heterocycles. The number of hydrogen-bond donors (Lipinski definition) is 1. The van der Waals surface area contributed by atoms with Crippen LogP contribution in [0, 0.1) is 3.57 Å². The quantitative estimate of drug-likeness (QED) is 0.580. The summed E-state index contributed by atoms with van der Waals surface area (Å²) in [4.78, 5) is 8.00. The lowest BCUT2D eigenvalue weighted by molar-refractivity contribution is 0.339. The van der Waals surface area contributed by atoms with Crippen molar-refractivity contribution in [3.63, 3.8) is 0 Å². The highest BCUT2D eigenvalue weighted by Crippen LogP contribution is 2.36. The van der Waals surface area contributed by atoms with Crippen LogP contribution in [-0.2, 0) is 0 Å². The normalized spacial score (nSPS) is 10.9. The van der Waals surface area contributed by atoms with Crippen molar-refractivity contribution in [2.45, 2.75) is 6.92 Å². The minimum Gasteiger partial charge on any atom is -0.492 e. The molecule has 0 atom stereocenters. The second kappa shape index (κ2) is 5.73. The first-order valence-electron chi connectivity index (χ1n) is 6.26. The second-order valence-corrected chi connectivity index (χ2v) is 6.38. The third-order valence-corrected chi connectivity index (χ3v) is 4.20. The van der Waals surface area contributed by atoms with Crippen molar-refractivity contribution in [3.05, 3.63) is 44.4 Å². The van der Waals surface area contributed by atoms with Crippen molar-refractivity contribution < 1.29 is 4.74 Å². The Kier molecular flexibility index (Phi) is 3.98. The zero-order chi connectivity index (χ0) is 14.1. The molecule has 2 aromatic carbocycles. The standard InChI is InChI=1S/C15H12BrIN2O/c1-2-20-14-10(7-9(16)8-11(14)17)15-18-12-5-3-4-6-13(12)19-15/h3-8H,2H2,1H3,(H,18,19). The molecular weight excluding hydrogens is 431 g/mol. The Morgan fingerprint density at radius 1 is 1.30 bits per heavy atom. The minimum absolute atomic E-state index is 0.630. The average molecular weight is 443 g/mol. The van der Waals surface area contributed by atoms with E-state index < -0.39 is 0 Å². The lowest BCUT2D eigenvalue weighted by Crippen LogP contribution is -1.97. The first-order valence-corrected chi connectivity index (χ1v) is 8.13. The Bertz CT molecular complexity index is 737. The second-order valence-electron chi connectivity index (χ2n) is 4.30. The van der Waals surface area contributed by atoms with Gasteiger partial charge in [-0.2, -0.15) is 0 Å². The van der Waals surface area contributed by atoms with Gasteiger partial charge in [0.2, 0.25) is 0 Å². The van der Waals surface area contributed by atoms with Gasteiger partial charge in [0, 0.05) is 4.47 Å². The van der Waals surface area contributed by atoms with E-state index in [1.165, 1.54) is 0 Å². The lowest BCUT2D eigenvalue weighted by Gasteiger charge is -2.11. The Morgan fingerprint density at radius 2 is 2.10 bits per heavy atom. The largest absolute Gasteiger partial charge is 0.492 e. The summed E-state index contributed by atoms with van der Waals surface area (Å²) in [6.07, 6.45) is 0. The number of aromatic amines is 1. The van der Waals surface area contributed by atoms with Gasteiger partial charge in [0.05, 0.1) is 26.8 Å². The third kappa shape index (κ3) is 2.56. The van der Waals surface area contributed by atoms with E-state index >= 15 is 0 Å². The molecule has 3 aromatic rings. The van der Waals surface area contributed by atoms with E-state index in [1.807, 2.05) is 43.3 Å². The molecule has 1 N–H and O–H groups in total. The number of para-hydroxylation sites is 2. The number of imidazole rings is 1. The number of ether oxygens (including phenoxy) is 1. The maximum atomic E-state index is 5.78. The average Bonchev–Trinajstić information content (AvgIpc) is 2.85. The summed E-state index contributed by atoms with van der Waals surface area (Å²) in [5.41, 5.74) is 2.96. The molecule has 0 fully saturated rings. The predicted molar refractivity (Wildman–Crippen MR) is 93.1 cm³/mol. The van der Waals surface area contributed by atoms with Gasteiger partial charge in [0.1, 0.15) is 11.6 Å². The fourth-order valence-electron chi connectivity index (χ4n) is 2.11. The van der Waals surface area contributed by atoms with Crippen molar-refractivity contribution in [1.29, 1.82) is 0 Å². The highest BCUT2D eigenvalue weighted by Gasteiger charge is 2.15. The van der Waals surface area contributed by atoms with Crippen LogP contribution in [0.15, 0.2) is 40.9 Å². The number of nitrogens with one attached hydrogen (secondary N) is 1. The van der Waals surface area contributed by atoms with Crippen LogP contribution in [-0.4, -0.2) is 16.6 Å². The fraction of sp³-hybridized carbons (Fsp3) is 0.133. The van der Waals surface area contributed by atoms with Gasteiger partial charge in [-0.3, -0.25) is 0 Å². The molecule has 3 rings (SSSR count). The first-order chi connectivity index (χ1) is 9.69. The molecule has 1 aromatic heterocycles. The van der Waals surface area contributed by atoms with Crippen LogP contribution in [0.4, 0.5) is 0 Å². The number of nitrogens with zero attached hydrogens (tertiary/aromatic N) is 1. The molecule has 0 saturated carbocycles. The van der Waals surface area contributed by atoms with Gasteiger partial charge in [-0.1, -0.05) is 28.1 Å². The number of H-pyrrole nitrogens is 1. The topological polar surface area (TPSA) is 37.9 Å². The summed E-state index contributed by atoms with van der Waals surface area (Å²) < 4.78 is 7.86. The van der Waals surface area contributed by atoms with Crippen molar-refractivity contribution in [1.82, 2.24) is 9.97 Å². The molecule has 3 nitrogen and oxygen atoms in total. The van der Waals surface area contributed by atoms with Crippen LogP contribution in [0.5, 0.6) is 5.75 Å². The van der Waals surface area contributed by atoms with E-state index in [0.29, 0.717) is 6.61 Å². The number of halogens is 2. The van der Waals surface area contributed by atoms with Crippen LogP contribution in [0.25, 0.3) is 22.4 Å². The molecule has 1 heterocycles. The predicted octanol–water partition coefficient (Wildman–Crippen LogP) is 5.00. The third-order valence-electron chi connectivity index (χ3n) is 2.94. The Labute approximate surface area is 139 Å². The van der Waals surface area contributed by atoms with Crippen molar-refractivity contribution in [2.24, 2.45) is 0 Å². The van der Waals surface area contributed by atoms with Gasteiger partial charge < -0.3 is 9.72 Å². The number of fused-ring (bicyclic) bond motifs is 1. The molecular formula is C15H12BrIN2O. The van der Waals surface area contributed by atoms with Crippen LogP contribution in [0.3, 0.4) is 0 Å². The van der Waals surface area contributed by atoms with Crippen LogP contribution < -0.4 is 4.74 Å². The van der Waals surface area contributed by atoms with Crippen molar-refractivity contribution >= 4 is 49.6 Å². The maximum Gasteiger partial charge on any atom is 0.143 e. The van der Waals surface area contributed by atoms with Gasteiger partial charge in [-0.15, -0.1) is 0 Å². The Hall–Kier alpha value is -1.08. The maximum absolute atomic E-state index is 5.78. The van der Waals surface area contributed by atoms with Crippen LogP contribution >= 0.6 is 38.5 Å². The van der Waals surface area contributed by atoms with Crippen LogP contribution in [0.2, 0.25) is 0 Å². The molecule has 0 bridgehead atoms. The molecule has 0 amide bonds. The molecule has 0 aliphatic carbocycles. The Morgan fingerprint density at radius 3 is 2.85 bits per heavy atom. The molecule has 0 radical (unpaired) electrons. The molecule has 0 unspecified atom stereocenters. The van der Waals surface area contributed by atoms with E-state index in [0.717, 1.165) is 36.2 Å². The molecule has 20 heavy (non-hydrogen) atoms. The number of benzene rings is 2. The first kappa shape index (κ1) is 13.9. The number of rotatable bonds is 3. The van der Waals surface area contributed by atoms with E-state index in [-0.39, 0.29) is 0 Å². The SMILES string of the molecule is CCOc1c(I)cc(Br)cc1-c1nc2ccccc2[nH]1. The summed E-state index contributed by atoms with van der Waals surface area (Å²) in [5.74, 6) is 1.70. The summed E-state index contributed by atoms with van der Waals surface area (Å²) in [7, 11) is 0.